The second kappa shape index (κ2) is 9.10. The Balaban J connectivity index is 1.86. The van der Waals surface area contributed by atoms with Crippen molar-refractivity contribution in [2.75, 3.05) is 13.7 Å². The largest absolute Gasteiger partial charge is 0.497 e. The molecule has 1 N–H and O–H groups in total. The summed E-state index contributed by atoms with van der Waals surface area (Å²) >= 11 is 0. The number of hydrogen-bond donors (Lipinski definition) is 1. The van der Waals surface area contributed by atoms with Crippen molar-refractivity contribution >= 4 is 15.0 Å². The lowest BCUT2D eigenvalue weighted by Crippen LogP contribution is -2.09. The van der Waals surface area contributed by atoms with Crippen LogP contribution in [0.1, 0.15) is 16.8 Å². The molecular weight excluding hydrogens is 324 g/mol. The van der Waals surface area contributed by atoms with E-state index < -0.39 is 15.0 Å². The molecule has 127 valence electrons. The summed E-state index contributed by atoms with van der Waals surface area (Å²) in [7, 11) is 0.391. The number of carbonyl (C=O) groups is 1. The molecule has 5 nitrogen and oxygen atoms in total. The first kappa shape index (κ1) is 18.0. The molecule has 6 heteroatoms. The zero-order valence-corrected chi connectivity index (χ0v) is 14.8. The van der Waals surface area contributed by atoms with E-state index in [4.69, 9.17) is 14.2 Å². The molecular formula is C18H21O5Si. The topological polar surface area (TPSA) is 65.0 Å². The molecule has 0 saturated heterocycles. The lowest BCUT2D eigenvalue weighted by molar-refractivity contribution is 0.0734. The first-order valence-corrected chi connectivity index (χ1v) is 9.84. The van der Waals surface area contributed by atoms with E-state index in [1.165, 1.54) is 0 Å². The third-order valence-electron chi connectivity index (χ3n) is 3.31. The Hall–Kier alpha value is -2.31. The molecule has 0 aliphatic heterocycles. The predicted molar refractivity (Wildman–Crippen MR) is 93.2 cm³/mol. The summed E-state index contributed by atoms with van der Waals surface area (Å²) in [5, 5.41) is 0. The smallest absolute Gasteiger partial charge is 0.343 e. The average Bonchev–Trinajstić information content (AvgIpc) is 2.59. The summed E-state index contributed by atoms with van der Waals surface area (Å²) < 4.78 is 15.9. The Labute approximate surface area is 143 Å². The predicted octanol–water partition coefficient (Wildman–Crippen LogP) is 3.30. The summed E-state index contributed by atoms with van der Waals surface area (Å²) in [6, 6.07) is 14.4. The van der Waals surface area contributed by atoms with Gasteiger partial charge in [-0.2, -0.15) is 0 Å². The van der Waals surface area contributed by atoms with Crippen molar-refractivity contribution in [3.8, 4) is 17.2 Å². The Bertz CT molecular complexity index is 637. The van der Waals surface area contributed by atoms with Gasteiger partial charge in [0, 0.05) is 0 Å². The molecule has 2 aromatic carbocycles. The number of ether oxygens (including phenoxy) is 3. The third kappa shape index (κ3) is 5.71. The van der Waals surface area contributed by atoms with E-state index in [1.54, 1.807) is 55.6 Å². The second-order valence-electron chi connectivity index (χ2n) is 5.28. The second-order valence-corrected chi connectivity index (χ2v) is 7.25. The summed E-state index contributed by atoms with van der Waals surface area (Å²) in [6.45, 7) is 2.41. The van der Waals surface area contributed by atoms with Gasteiger partial charge in [0.05, 0.1) is 19.3 Å². The van der Waals surface area contributed by atoms with E-state index in [0.29, 0.717) is 29.4 Å². The van der Waals surface area contributed by atoms with Crippen molar-refractivity contribution in [2.24, 2.45) is 0 Å². The molecule has 0 spiro atoms. The number of methoxy groups -OCH3 is 1. The molecule has 0 amide bonds. The first-order valence-electron chi connectivity index (χ1n) is 7.69. The van der Waals surface area contributed by atoms with Gasteiger partial charge < -0.3 is 19.0 Å². The normalized spacial score (nSPS) is 10.5. The maximum atomic E-state index is 12.1. The minimum atomic E-state index is -1.19. The van der Waals surface area contributed by atoms with Crippen LogP contribution in [0.25, 0.3) is 0 Å². The van der Waals surface area contributed by atoms with E-state index in [-0.39, 0.29) is 0 Å². The average molecular weight is 345 g/mol. The van der Waals surface area contributed by atoms with Crippen molar-refractivity contribution < 1.29 is 23.8 Å². The molecule has 0 fully saturated rings. The lowest BCUT2D eigenvalue weighted by Gasteiger charge is -2.08. The molecule has 2 rings (SSSR count). The number of benzene rings is 2. The minimum Gasteiger partial charge on any atom is -0.497 e. The summed E-state index contributed by atoms with van der Waals surface area (Å²) in [5.74, 6) is 1.43. The van der Waals surface area contributed by atoms with Crippen LogP contribution in [0.3, 0.4) is 0 Å². The van der Waals surface area contributed by atoms with E-state index >= 15 is 0 Å². The SMILES string of the molecule is COc1ccc(OC(=O)c2ccc(OCCC[Si](C)O)cc2)cc1. The van der Waals surface area contributed by atoms with Crippen molar-refractivity contribution in [1.29, 1.82) is 0 Å². The number of rotatable bonds is 8. The monoisotopic (exact) mass is 345 g/mol. The number of carbonyl (C=O) groups excluding carboxylic acids is 1. The Kier molecular flexibility index (Phi) is 6.84. The zero-order valence-electron chi connectivity index (χ0n) is 13.8. The van der Waals surface area contributed by atoms with Gasteiger partial charge in [0.25, 0.3) is 0 Å². The van der Waals surface area contributed by atoms with Crippen LogP contribution in [0, 0.1) is 0 Å². The number of hydrogen-bond acceptors (Lipinski definition) is 5. The fourth-order valence-corrected chi connectivity index (χ4v) is 2.67. The van der Waals surface area contributed by atoms with E-state index in [0.717, 1.165) is 12.5 Å². The van der Waals surface area contributed by atoms with Crippen molar-refractivity contribution in [3.05, 3.63) is 54.1 Å². The molecule has 0 unspecified atom stereocenters. The van der Waals surface area contributed by atoms with Gasteiger partial charge in [0.1, 0.15) is 17.2 Å². The van der Waals surface area contributed by atoms with Crippen molar-refractivity contribution in [1.82, 2.24) is 0 Å². The Morgan fingerprint density at radius 1 is 1.00 bits per heavy atom. The molecule has 0 bridgehead atoms. The molecule has 0 aliphatic rings. The molecule has 2 aromatic rings. The minimum absolute atomic E-state index is 0.426. The fourth-order valence-electron chi connectivity index (χ4n) is 2.01. The van der Waals surface area contributed by atoms with Gasteiger partial charge in [-0.1, -0.05) is 0 Å². The molecule has 0 aliphatic carbocycles. The van der Waals surface area contributed by atoms with Gasteiger partial charge in [-0.05, 0) is 67.5 Å². The maximum Gasteiger partial charge on any atom is 0.343 e. The van der Waals surface area contributed by atoms with Gasteiger partial charge in [-0.15, -0.1) is 0 Å². The highest BCUT2D eigenvalue weighted by molar-refractivity contribution is 6.48. The lowest BCUT2D eigenvalue weighted by atomic mass is 10.2. The first-order chi connectivity index (χ1) is 11.6. The van der Waals surface area contributed by atoms with E-state index in [2.05, 4.69) is 0 Å². The summed E-state index contributed by atoms with van der Waals surface area (Å²) in [4.78, 5) is 21.4. The molecule has 0 saturated carbocycles. The van der Waals surface area contributed by atoms with Crippen LogP contribution < -0.4 is 14.2 Å². The van der Waals surface area contributed by atoms with Crippen LogP contribution in [0.5, 0.6) is 17.2 Å². The highest BCUT2D eigenvalue weighted by atomic mass is 28.3. The molecule has 1 radical (unpaired) electrons. The number of esters is 1. The van der Waals surface area contributed by atoms with Crippen LogP contribution in [0.4, 0.5) is 0 Å². The fraction of sp³-hybridized carbons (Fsp3) is 0.278. The van der Waals surface area contributed by atoms with Gasteiger partial charge in [0.15, 0.2) is 0 Å². The van der Waals surface area contributed by atoms with E-state index in [9.17, 15) is 9.59 Å². The van der Waals surface area contributed by atoms with Crippen LogP contribution in [0.2, 0.25) is 12.6 Å². The Morgan fingerprint density at radius 2 is 1.58 bits per heavy atom. The molecule has 0 heterocycles. The quantitative estimate of drug-likeness (QED) is 0.344. The highest BCUT2D eigenvalue weighted by Crippen LogP contribution is 2.19. The molecule has 0 aromatic heterocycles. The standard InChI is InChI=1S/C18H21O5Si/c1-21-15-8-10-17(11-9-15)23-18(19)14-4-6-16(7-5-14)22-12-3-13-24(2)20/h4-11,20H,3,12-13H2,1-2H3. The summed E-state index contributed by atoms with van der Waals surface area (Å²) in [5.41, 5.74) is 0.451. The van der Waals surface area contributed by atoms with Crippen LogP contribution in [-0.2, 0) is 0 Å². The highest BCUT2D eigenvalue weighted by Gasteiger charge is 2.09. The van der Waals surface area contributed by atoms with Gasteiger partial charge in [-0.3, -0.25) is 0 Å². The molecule has 0 atom stereocenters. The van der Waals surface area contributed by atoms with E-state index in [1.807, 2.05) is 6.55 Å². The van der Waals surface area contributed by atoms with Gasteiger partial charge >= 0.3 is 5.97 Å². The van der Waals surface area contributed by atoms with Crippen LogP contribution >= 0.6 is 0 Å². The Morgan fingerprint density at radius 3 is 2.17 bits per heavy atom. The van der Waals surface area contributed by atoms with Crippen molar-refractivity contribution in [3.63, 3.8) is 0 Å². The van der Waals surface area contributed by atoms with Gasteiger partial charge in [-0.25, -0.2) is 4.79 Å². The third-order valence-corrected chi connectivity index (χ3v) is 4.39. The van der Waals surface area contributed by atoms with Crippen molar-refractivity contribution in [2.45, 2.75) is 19.0 Å². The van der Waals surface area contributed by atoms with Gasteiger partial charge in [0.2, 0.25) is 9.04 Å². The molecule has 24 heavy (non-hydrogen) atoms. The summed E-state index contributed by atoms with van der Waals surface area (Å²) in [6.07, 6.45) is 0.822. The van der Waals surface area contributed by atoms with Crippen LogP contribution in [-0.4, -0.2) is 33.5 Å². The van der Waals surface area contributed by atoms with Crippen LogP contribution in [0.15, 0.2) is 48.5 Å². The zero-order chi connectivity index (χ0) is 17.4. The maximum absolute atomic E-state index is 12.1.